The molecule has 0 saturated heterocycles. The molecule has 0 rings (SSSR count). The lowest BCUT2D eigenvalue weighted by atomic mass is 10.3. The van der Waals surface area contributed by atoms with Crippen LogP contribution in [0, 0.1) is 0 Å². The van der Waals surface area contributed by atoms with Crippen LogP contribution in [0.4, 0.5) is 13.2 Å². The predicted octanol–water partition coefficient (Wildman–Crippen LogP) is 1.27. The van der Waals surface area contributed by atoms with Gasteiger partial charge >= 0.3 is 6.18 Å². The molecule has 0 aliphatic rings. The highest BCUT2D eigenvalue weighted by atomic mass is 32.2. The van der Waals surface area contributed by atoms with E-state index in [1.54, 1.807) is 6.92 Å². The minimum absolute atomic E-state index is 0.133. The lowest BCUT2D eigenvalue weighted by molar-refractivity contribution is -0.135. The standard InChI is InChI=1S/C8H15F3N2O2S2/c1-3-6(7(12)16)17(14,15)13(2)5-4-8(9,10)11/h6H,3-5H2,1-2H3,(H2,12,16). The number of thiocarbonyl (C=S) groups is 1. The second-order valence-corrected chi connectivity index (χ2v) is 6.22. The predicted molar refractivity (Wildman–Crippen MR) is 63.1 cm³/mol. The molecule has 102 valence electrons. The molecule has 0 aromatic heterocycles. The second-order valence-electron chi connectivity index (χ2n) is 3.53. The average molecular weight is 292 g/mol. The van der Waals surface area contributed by atoms with E-state index in [1.807, 2.05) is 0 Å². The molecule has 0 aliphatic heterocycles. The van der Waals surface area contributed by atoms with E-state index in [4.69, 9.17) is 5.73 Å². The van der Waals surface area contributed by atoms with Gasteiger partial charge in [-0.15, -0.1) is 0 Å². The zero-order chi connectivity index (χ0) is 13.9. The lowest BCUT2D eigenvalue weighted by Crippen LogP contribution is -2.43. The van der Waals surface area contributed by atoms with Gasteiger partial charge in [-0.3, -0.25) is 0 Å². The number of halogens is 3. The van der Waals surface area contributed by atoms with Gasteiger partial charge in [-0.2, -0.15) is 13.2 Å². The van der Waals surface area contributed by atoms with Gasteiger partial charge in [0.1, 0.15) is 5.25 Å². The first-order valence-electron chi connectivity index (χ1n) is 4.83. The Balaban J connectivity index is 4.76. The summed E-state index contributed by atoms with van der Waals surface area (Å²) < 4.78 is 60.2. The summed E-state index contributed by atoms with van der Waals surface area (Å²) in [4.78, 5) is -0.230. The van der Waals surface area contributed by atoms with Crippen molar-refractivity contribution in [1.29, 1.82) is 0 Å². The van der Waals surface area contributed by atoms with Crippen LogP contribution in [0.25, 0.3) is 0 Å². The SMILES string of the molecule is CCC(C(N)=S)S(=O)(=O)N(C)CCC(F)(F)F. The Labute approximate surface area is 104 Å². The highest BCUT2D eigenvalue weighted by Crippen LogP contribution is 2.21. The van der Waals surface area contributed by atoms with Gasteiger partial charge in [0, 0.05) is 13.6 Å². The Kier molecular flexibility index (Phi) is 5.82. The van der Waals surface area contributed by atoms with E-state index >= 15 is 0 Å². The van der Waals surface area contributed by atoms with Gasteiger partial charge in [0.2, 0.25) is 10.0 Å². The third kappa shape index (κ3) is 5.17. The Hall–Kier alpha value is -0.410. The van der Waals surface area contributed by atoms with Crippen molar-refractivity contribution in [2.45, 2.75) is 31.2 Å². The highest BCUT2D eigenvalue weighted by molar-refractivity contribution is 7.92. The maximum Gasteiger partial charge on any atom is 0.390 e. The smallest absolute Gasteiger partial charge is 0.390 e. The quantitative estimate of drug-likeness (QED) is 0.749. The molecule has 0 spiro atoms. The van der Waals surface area contributed by atoms with Crippen molar-refractivity contribution < 1.29 is 21.6 Å². The molecule has 0 aromatic rings. The fourth-order valence-corrected chi connectivity index (χ4v) is 3.21. The molecular weight excluding hydrogens is 277 g/mol. The van der Waals surface area contributed by atoms with E-state index in [0.29, 0.717) is 4.31 Å². The topological polar surface area (TPSA) is 63.4 Å². The molecule has 0 fully saturated rings. The minimum Gasteiger partial charge on any atom is -0.392 e. The monoisotopic (exact) mass is 292 g/mol. The largest absolute Gasteiger partial charge is 0.392 e. The second kappa shape index (κ2) is 5.96. The van der Waals surface area contributed by atoms with Crippen LogP contribution in [-0.2, 0) is 10.0 Å². The third-order valence-corrected chi connectivity index (χ3v) is 4.98. The number of nitrogens with zero attached hydrogens (tertiary/aromatic N) is 1. The molecule has 2 N–H and O–H groups in total. The summed E-state index contributed by atoms with van der Waals surface area (Å²) in [6, 6.07) is 0. The van der Waals surface area contributed by atoms with Crippen LogP contribution in [0.2, 0.25) is 0 Å². The number of alkyl halides is 3. The van der Waals surface area contributed by atoms with Crippen molar-refractivity contribution >= 4 is 27.2 Å². The van der Waals surface area contributed by atoms with Crippen LogP contribution in [-0.4, -0.2) is 42.7 Å². The molecule has 0 heterocycles. The Morgan fingerprint density at radius 2 is 1.94 bits per heavy atom. The molecular formula is C8H15F3N2O2S2. The van der Waals surface area contributed by atoms with E-state index in [1.165, 1.54) is 0 Å². The van der Waals surface area contributed by atoms with Crippen LogP contribution < -0.4 is 5.73 Å². The van der Waals surface area contributed by atoms with Crippen molar-refractivity contribution in [2.24, 2.45) is 5.73 Å². The van der Waals surface area contributed by atoms with Gasteiger partial charge in [-0.25, -0.2) is 12.7 Å². The van der Waals surface area contributed by atoms with Crippen LogP contribution >= 0.6 is 12.2 Å². The molecule has 1 atom stereocenters. The molecule has 0 bridgehead atoms. The van der Waals surface area contributed by atoms with Gasteiger partial charge in [0.15, 0.2) is 0 Å². The van der Waals surface area contributed by atoms with E-state index in [2.05, 4.69) is 12.2 Å². The first-order chi connectivity index (χ1) is 7.52. The summed E-state index contributed by atoms with van der Waals surface area (Å²) in [6.45, 7) is 0.921. The van der Waals surface area contributed by atoms with Crippen LogP contribution in [0.3, 0.4) is 0 Å². The summed E-state index contributed by atoms with van der Waals surface area (Å²) in [5, 5.41) is -1.12. The van der Waals surface area contributed by atoms with E-state index in [0.717, 1.165) is 7.05 Å². The maximum atomic E-state index is 12.0. The number of rotatable bonds is 6. The molecule has 0 amide bonds. The average Bonchev–Trinajstić information content (AvgIpc) is 2.12. The fourth-order valence-electron chi connectivity index (χ4n) is 1.19. The normalized spacial score (nSPS) is 14.9. The van der Waals surface area contributed by atoms with E-state index in [-0.39, 0.29) is 11.4 Å². The Morgan fingerprint density at radius 1 is 1.47 bits per heavy atom. The van der Waals surface area contributed by atoms with Crippen molar-refractivity contribution in [3.63, 3.8) is 0 Å². The molecule has 17 heavy (non-hydrogen) atoms. The first kappa shape index (κ1) is 16.6. The fraction of sp³-hybridized carbons (Fsp3) is 0.875. The number of sulfonamides is 1. The Morgan fingerprint density at radius 3 is 2.24 bits per heavy atom. The zero-order valence-corrected chi connectivity index (χ0v) is 11.1. The minimum atomic E-state index is -4.39. The van der Waals surface area contributed by atoms with Gasteiger partial charge in [-0.05, 0) is 6.42 Å². The summed E-state index contributed by atoms with van der Waals surface area (Å²) in [5.74, 6) is 0. The highest BCUT2D eigenvalue weighted by Gasteiger charge is 2.34. The van der Waals surface area contributed by atoms with E-state index in [9.17, 15) is 21.6 Å². The van der Waals surface area contributed by atoms with Crippen molar-refractivity contribution in [3.05, 3.63) is 0 Å². The molecule has 0 aromatic carbocycles. The van der Waals surface area contributed by atoms with Crippen molar-refractivity contribution in [3.8, 4) is 0 Å². The van der Waals surface area contributed by atoms with Crippen LogP contribution in [0.5, 0.6) is 0 Å². The van der Waals surface area contributed by atoms with Crippen LogP contribution in [0.1, 0.15) is 19.8 Å². The molecule has 9 heteroatoms. The van der Waals surface area contributed by atoms with Gasteiger partial charge in [0.05, 0.1) is 11.4 Å². The number of hydrogen-bond acceptors (Lipinski definition) is 3. The zero-order valence-electron chi connectivity index (χ0n) is 9.49. The molecule has 0 aliphatic carbocycles. The summed E-state index contributed by atoms with van der Waals surface area (Å²) in [5.41, 5.74) is 5.26. The molecule has 0 radical (unpaired) electrons. The molecule has 4 nitrogen and oxygen atoms in total. The molecule has 0 saturated carbocycles. The van der Waals surface area contributed by atoms with Crippen molar-refractivity contribution in [1.82, 2.24) is 4.31 Å². The van der Waals surface area contributed by atoms with Crippen molar-refractivity contribution in [2.75, 3.05) is 13.6 Å². The lowest BCUT2D eigenvalue weighted by Gasteiger charge is -2.23. The van der Waals surface area contributed by atoms with E-state index < -0.39 is 34.4 Å². The maximum absolute atomic E-state index is 12.0. The van der Waals surface area contributed by atoms with Gasteiger partial charge in [0.25, 0.3) is 0 Å². The summed E-state index contributed by atoms with van der Waals surface area (Å²) in [6.07, 6.45) is -5.46. The van der Waals surface area contributed by atoms with Gasteiger partial charge in [-0.1, -0.05) is 19.1 Å². The van der Waals surface area contributed by atoms with Crippen LogP contribution in [0.15, 0.2) is 0 Å². The summed E-state index contributed by atoms with van der Waals surface area (Å²) >= 11 is 4.59. The number of hydrogen-bond donors (Lipinski definition) is 1. The van der Waals surface area contributed by atoms with Gasteiger partial charge < -0.3 is 5.73 Å². The third-order valence-electron chi connectivity index (χ3n) is 2.19. The molecule has 1 unspecified atom stereocenters. The summed E-state index contributed by atoms with van der Waals surface area (Å²) in [7, 11) is -2.82. The first-order valence-corrected chi connectivity index (χ1v) is 6.74. The number of nitrogens with two attached hydrogens (primary N) is 1. The Bertz CT molecular complexity index is 367.